The molecule has 1 aromatic heterocycles. The van der Waals surface area contributed by atoms with E-state index in [4.69, 9.17) is 4.52 Å². The average molecular weight is 453 g/mol. The van der Waals surface area contributed by atoms with Gasteiger partial charge in [-0.25, -0.2) is 8.42 Å². The molecule has 0 radical (unpaired) electrons. The summed E-state index contributed by atoms with van der Waals surface area (Å²) < 4.78 is 33.1. The summed E-state index contributed by atoms with van der Waals surface area (Å²) >= 11 is 0. The zero-order valence-electron chi connectivity index (χ0n) is 18.8. The fourth-order valence-electron chi connectivity index (χ4n) is 5.00. The van der Waals surface area contributed by atoms with Crippen molar-refractivity contribution in [1.29, 1.82) is 0 Å². The number of aromatic nitrogens is 1. The van der Waals surface area contributed by atoms with Crippen LogP contribution in [0.5, 0.6) is 0 Å². The van der Waals surface area contributed by atoms with Gasteiger partial charge in [0.2, 0.25) is 10.0 Å². The molecule has 0 spiro atoms. The number of piperidine rings is 2. The van der Waals surface area contributed by atoms with Crippen LogP contribution in [-0.4, -0.2) is 72.7 Å². The van der Waals surface area contributed by atoms with Crippen LogP contribution in [0.2, 0.25) is 0 Å². The molecule has 2 atom stereocenters. The van der Waals surface area contributed by atoms with Crippen LogP contribution >= 0.6 is 0 Å². The Bertz CT molecular complexity index is 859. The number of sulfonamides is 1. The predicted octanol–water partition coefficient (Wildman–Crippen LogP) is 2.59. The van der Waals surface area contributed by atoms with E-state index >= 15 is 0 Å². The number of carbonyl (C=O) groups is 1. The highest BCUT2D eigenvalue weighted by molar-refractivity contribution is 7.89. The second kappa shape index (κ2) is 9.58. The maximum Gasteiger partial charge on any atom is 0.273 e. The van der Waals surface area contributed by atoms with Gasteiger partial charge in [0.25, 0.3) is 5.91 Å². The lowest BCUT2D eigenvalue weighted by atomic mass is 9.99. The van der Waals surface area contributed by atoms with Crippen molar-refractivity contribution >= 4 is 15.9 Å². The van der Waals surface area contributed by atoms with Crippen LogP contribution < -0.4 is 5.32 Å². The molecule has 1 aromatic rings. The minimum atomic E-state index is -3.29. The van der Waals surface area contributed by atoms with E-state index in [1.165, 1.54) is 0 Å². The predicted molar refractivity (Wildman–Crippen MR) is 118 cm³/mol. The third kappa shape index (κ3) is 5.68. The van der Waals surface area contributed by atoms with Crippen LogP contribution in [0.3, 0.4) is 0 Å². The standard InChI is InChI=1S/C22H36N4O4S/c1-3-9-25-10-6-17(7-11-25)15-31(28,29)26-12-8-19(13-16(26)2)23-22(27)20-14-21(30-24-20)18-4-5-18/h14,16-19H,3-13,15H2,1-2H3,(H,23,27)/t16-,19-/m1/s1. The second-order valence-electron chi connectivity index (χ2n) is 9.61. The van der Waals surface area contributed by atoms with Crippen LogP contribution in [0.4, 0.5) is 0 Å². The molecule has 0 aromatic carbocycles. The lowest BCUT2D eigenvalue weighted by Gasteiger charge is -2.38. The first-order valence-electron chi connectivity index (χ1n) is 11.8. The van der Waals surface area contributed by atoms with E-state index in [0.29, 0.717) is 31.0 Å². The minimum Gasteiger partial charge on any atom is -0.360 e. The molecule has 3 fully saturated rings. The van der Waals surface area contributed by atoms with Gasteiger partial charge in [0.05, 0.1) is 5.75 Å². The summed E-state index contributed by atoms with van der Waals surface area (Å²) in [7, 11) is -3.29. The number of nitrogens with one attached hydrogen (secondary N) is 1. The van der Waals surface area contributed by atoms with Crippen molar-refractivity contribution in [1.82, 2.24) is 19.7 Å². The van der Waals surface area contributed by atoms with Crippen molar-refractivity contribution in [3.05, 3.63) is 17.5 Å². The average Bonchev–Trinajstić information content (AvgIpc) is 3.45. The molecule has 1 amide bonds. The molecule has 31 heavy (non-hydrogen) atoms. The van der Waals surface area contributed by atoms with Crippen molar-refractivity contribution in [2.45, 2.75) is 76.8 Å². The number of rotatable bonds is 8. The maximum absolute atomic E-state index is 13.1. The van der Waals surface area contributed by atoms with Gasteiger partial charge in [0.1, 0.15) is 5.76 Å². The number of hydrogen-bond acceptors (Lipinski definition) is 6. The molecule has 2 saturated heterocycles. The van der Waals surface area contributed by atoms with E-state index in [-0.39, 0.29) is 29.7 Å². The Balaban J connectivity index is 1.26. The topological polar surface area (TPSA) is 95.8 Å². The summed E-state index contributed by atoms with van der Waals surface area (Å²) in [5, 5.41) is 6.92. The van der Waals surface area contributed by atoms with Gasteiger partial charge < -0.3 is 14.7 Å². The molecule has 2 aliphatic heterocycles. The van der Waals surface area contributed by atoms with Crippen molar-refractivity contribution in [2.24, 2.45) is 5.92 Å². The van der Waals surface area contributed by atoms with Gasteiger partial charge in [-0.15, -0.1) is 0 Å². The van der Waals surface area contributed by atoms with Gasteiger partial charge in [0.15, 0.2) is 5.69 Å². The van der Waals surface area contributed by atoms with E-state index in [9.17, 15) is 13.2 Å². The summed E-state index contributed by atoms with van der Waals surface area (Å²) in [4.78, 5) is 15.0. The van der Waals surface area contributed by atoms with Crippen LogP contribution in [0, 0.1) is 5.92 Å². The van der Waals surface area contributed by atoms with Crippen LogP contribution in [0.1, 0.15) is 81.0 Å². The first kappa shape index (κ1) is 22.7. The van der Waals surface area contributed by atoms with E-state index in [0.717, 1.165) is 57.5 Å². The SMILES string of the molecule is CCCN1CCC(CS(=O)(=O)N2CC[C@@H](NC(=O)c3cc(C4CC4)on3)C[C@H]2C)CC1. The summed E-state index contributed by atoms with van der Waals surface area (Å²) in [6, 6.07) is 1.57. The van der Waals surface area contributed by atoms with Gasteiger partial charge in [-0.1, -0.05) is 12.1 Å². The first-order valence-corrected chi connectivity index (χ1v) is 13.5. The van der Waals surface area contributed by atoms with Gasteiger partial charge in [-0.2, -0.15) is 4.31 Å². The number of nitrogens with zero attached hydrogens (tertiary/aromatic N) is 3. The molecule has 174 valence electrons. The molecule has 8 nitrogen and oxygen atoms in total. The largest absolute Gasteiger partial charge is 0.360 e. The van der Waals surface area contributed by atoms with Gasteiger partial charge >= 0.3 is 0 Å². The molecule has 1 saturated carbocycles. The van der Waals surface area contributed by atoms with E-state index in [2.05, 4.69) is 22.3 Å². The number of amides is 1. The zero-order valence-corrected chi connectivity index (χ0v) is 19.6. The molecule has 9 heteroatoms. The third-order valence-corrected chi connectivity index (χ3v) is 9.09. The highest BCUT2D eigenvalue weighted by Gasteiger charge is 2.36. The van der Waals surface area contributed by atoms with Crippen LogP contribution in [0.25, 0.3) is 0 Å². The van der Waals surface area contributed by atoms with E-state index < -0.39 is 10.0 Å². The summed E-state index contributed by atoms with van der Waals surface area (Å²) in [6.45, 7) is 7.69. The van der Waals surface area contributed by atoms with Crippen LogP contribution in [-0.2, 0) is 10.0 Å². The Morgan fingerprint density at radius 2 is 1.94 bits per heavy atom. The van der Waals surface area contributed by atoms with Gasteiger partial charge in [-0.05, 0) is 77.4 Å². The number of carbonyl (C=O) groups excluding carboxylic acids is 1. The molecule has 1 N–H and O–H groups in total. The lowest BCUT2D eigenvalue weighted by molar-refractivity contribution is 0.0905. The quantitative estimate of drug-likeness (QED) is 0.651. The summed E-state index contributed by atoms with van der Waals surface area (Å²) in [6.07, 6.45) is 6.49. The van der Waals surface area contributed by atoms with E-state index in [1.54, 1.807) is 10.4 Å². The van der Waals surface area contributed by atoms with Gasteiger partial charge in [0, 0.05) is 30.6 Å². The maximum atomic E-state index is 13.1. The highest BCUT2D eigenvalue weighted by atomic mass is 32.2. The van der Waals surface area contributed by atoms with Crippen molar-refractivity contribution in [3.63, 3.8) is 0 Å². The van der Waals surface area contributed by atoms with Crippen LogP contribution in [0.15, 0.2) is 10.6 Å². The zero-order chi connectivity index (χ0) is 22.0. The Hall–Kier alpha value is -1.45. The third-order valence-electron chi connectivity index (χ3n) is 6.94. The Labute approximate surface area is 185 Å². The monoisotopic (exact) mass is 452 g/mol. The Morgan fingerprint density at radius 3 is 2.58 bits per heavy atom. The van der Waals surface area contributed by atoms with Crippen molar-refractivity contribution in [3.8, 4) is 0 Å². The first-order chi connectivity index (χ1) is 14.9. The van der Waals surface area contributed by atoms with Gasteiger partial charge in [-0.3, -0.25) is 4.79 Å². The van der Waals surface area contributed by atoms with E-state index in [1.807, 2.05) is 6.92 Å². The normalized spacial score (nSPS) is 26.8. The lowest BCUT2D eigenvalue weighted by Crippen LogP contribution is -2.52. The molecule has 4 rings (SSSR count). The molecular weight excluding hydrogens is 416 g/mol. The molecule has 0 unspecified atom stereocenters. The number of hydrogen-bond donors (Lipinski definition) is 1. The van der Waals surface area contributed by atoms with Crippen molar-refractivity contribution < 1.29 is 17.7 Å². The highest BCUT2D eigenvalue weighted by Crippen LogP contribution is 2.40. The Kier molecular flexibility index (Phi) is 7.03. The molecular formula is C22H36N4O4S. The molecule has 1 aliphatic carbocycles. The number of likely N-dealkylation sites (tertiary alicyclic amines) is 1. The van der Waals surface area contributed by atoms with Crippen molar-refractivity contribution in [2.75, 3.05) is 31.9 Å². The second-order valence-corrected chi connectivity index (χ2v) is 11.6. The molecule has 3 aliphatic rings. The fourth-order valence-corrected chi connectivity index (χ4v) is 7.14. The molecule has 3 heterocycles. The fraction of sp³-hybridized carbons (Fsp3) is 0.818. The minimum absolute atomic E-state index is 0.0488. The Morgan fingerprint density at radius 1 is 1.19 bits per heavy atom. The summed E-state index contributed by atoms with van der Waals surface area (Å²) in [5.41, 5.74) is 0.319. The summed E-state index contributed by atoms with van der Waals surface area (Å²) in [5.74, 6) is 1.47. The smallest absolute Gasteiger partial charge is 0.273 e. The molecule has 0 bridgehead atoms.